The molecule has 0 spiro atoms. The summed E-state index contributed by atoms with van der Waals surface area (Å²) in [6, 6.07) is 10.3. The summed E-state index contributed by atoms with van der Waals surface area (Å²) in [5.74, 6) is -1.89. The highest BCUT2D eigenvalue weighted by Crippen LogP contribution is 2.33. The van der Waals surface area contributed by atoms with Gasteiger partial charge in [0.15, 0.2) is 11.6 Å². The fourth-order valence-electron chi connectivity index (χ4n) is 3.89. The molecule has 0 atom stereocenters. The highest BCUT2D eigenvalue weighted by molar-refractivity contribution is 6.04. The van der Waals surface area contributed by atoms with Gasteiger partial charge < -0.3 is 15.0 Å². The first-order valence-corrected chi connectivity index (χ1v) is 10.8. The SMILES string of the molecule is Cn1nccc1-c1cc(NC(=O)c2ccc(F)c(F)c2)ccc1OCCCN1CCCC1. The normalized spacial score (nSPS) is 14.0. The van der Waals surface area contributed by atoms with Gasteiger partial charge in [0.05, 0.1) is 12.3 Å². The maximum atomic E-state index is 13.5. The van der Waals surface area contributed by atoms with Crippen molar-refractivity contribution >= 4 is 11.6 Å². The Morgan fingerprint density at radius 3 is 2.62 bits per heavy atom. The Labute approximate surface area is 185 Å². The molecule has 4 rings (SSSR count). The number of likely N-dealkylation sites (tertiary alicyclic amines) is 1. The third kappa shape index (κ3) is 5.13. The van der Waals surface area contributed by atoms with E-state index in [2.05, 4.69) is 15.3 Å². The van der Waals surface area contributed by atoms with Gasteiger partial charge in [0.25, 0.3) is 5.91 Å². The minimum absolute atomic E-state index is 0.0354. The van der Waals surface area contributed by atoms with E-state index in [1.54, 1.807) is 29.1 Å². The van der Waals surface area contributed by atoms with Crippen LogP contribution in [0.3, 0.4) is 0 Å². The lowest BCUT2D eigenvalue weighted by atomic mass is 10.1. The first kappa shape index (κ1) is 22.0. The standard InChI is InChI=1S/C24H26F2N4O2/c1-29-22(9-10-27-29)19-16-18(28-24(31)17-5-7-20(25)21(26)15-17)6-8-23(19)32-14-4-13-30-11-2-3-12-30/h5-10,15-16H,2-4,11-14H2,1H3,(H,28,31). The molecule has 0 bridgehead atoms. The molecule has 1 N–H and O–H groups in total. The van der Waals surface area contributed by atoms with Gasteiger partial charge in [0, 0.05) is 36.6 Å². The molecule has 1 fully saturated rings. The van der Waals surface area contributed by atoms with Gasteiger partial charge in [-0.2, -0.15) is 5.10 Å². The van der Waals surface area contributed by atoms with Crippen LogP contribution in [-0.4, -0.2) is 46.8 Å². The summed E-state index contributed by atoms with van der Waals surface area (Å²) in [6.07, 6.45) is 5.16. The van der Waals surface area contributed by atoms with Crippen LogP contribution in [0, 0.1) is 11.6 Å². The van der Waals surface area contributed by atoms with Crippen molar-refractivity contribution in [2.24, 2.45) is 7.05 Å². The zero-order chi connectivity index (χ0) is 22.5. The molecular weight excluding hydrogens is 414 g/mol. The summed E-state index contributed by atoms with van der Waals surface area (Å²) in [5.41, 5.74) is 2.17. The Balaban J connectivity index is 1.49. The first-order chi connectivity index (χ1) is 15.5. The molecule has 1 aliphatic heterocycles. The molecule has 2 heterocycles. The molecule has 3 aromatic rings. The second-order valence-corrected chi connectivity index (χ2v) is 7.88. The lowest BCUT2D eigenvalue weighted by Crippen LogP contribution is -2.22. The van der Waals surface area contributed by atoms with E-state index in [4.69, 9.17) is 4.74 Å². The lowest BCUT2D eigenvalue weighted by Gasteiger charge is -2.16. The number of carbonyl (C=O) groups excluding carboxylic acids is 1. The summed E-state index contributed by atoms with van der Waals surface area (Å²) in [6.45, 7) is 3.92. The second-order valence-electron chi connectivity index (χ2n) is 7.88. The van der Waals surface area contributed by atoms with E-state index in [0.717, 1.165) is 49.4 Å². The summed E-state index contributed by atoms with van der Waals surface area (Å²) in [5, 5.41) is 6.97. The van der Waals surface area contributed by atoms with Crippen LogP contribution >= 0.6 is 0 Å². The summed E-state index contributed by atoms with van der Waals surface area (Å²) < 4.78 is 34.5. The number of nitrogens with one attached hydrogen (secondary N) is 1. The number of benzene rings is 2. The highest BCUT2D eigenvalue weighted by Gasteiger charge is 2.15. The van der Waals surface area contributed by atoms with E-state index in [-0.39, 0.29) is 5.56 Å². The second kappa shape index (κ2) is 9.91. The lowest BCUT2D eigenvalue weighted by molar-refractivity contribution is 0.102. The molecule has 0 aliphatic carbocycles. The monoisotopic (exact) mass is 440 g/mol. The van der Waals surface area contributed by atoms with Crippen LogP contribution in [-0.2, 0) is 7.05 Å². The summed E-state index contributed by atoms with van der Waals surface area (Å²) in [7, 11) is 1.83. The summed E-state index contributed by atoms with van der Waals surface area (Å²) >= 11 is 0. The van der Waals surface area contributed by atoms with Gasteiger partial charge in [-0.15, -0.1) is 0 Å². The van der Waals surface area contributed by atoms with Crippen molar-refractivity contribution in [1.29, 1.82) is 0 Å². The molecule has 32 heavy (non-hydrogen) atoms. The number of nitrogens with zero attached hydrogens (tertiary/aromatic N) is 3. The Hall–Kier alpha value is -3.26. The van der Waals surface area contributed by atoms with E-state index in [9.17, 15) is 13.6 Å². The molecule has 0 saturated carbocycles. The molecule has 2 aromatic carbocycles. The number of hydrogen-bond acceptors (Lipinski definition) is 4. The average molecular weight is 440 g/mol. The van der Waals surface area contributed by atoms with Crippen molar-refractivity contribution in [3.63, 3.8) is 0 Å². The van der Waals surface area contributed by atoms with Crippen molar-refractivity contribution in [2.75, 3.05) is 31.6 Å². The predicted molar refractivity (Wildman–Crippen MR) is 119 cm³/mol. The van der Waals surface area contributed by atoms with E-state index >= 15 is 0 Å². The van der Waals surface area contributed by atoms with Gasteiger partial charge in [-0.05, 0) is 74.8 Å². The number of carbonyl (C=O) groups is 1. The smallest absolute Gasteiger partial charge is 0.255 e. The summed E-state index contributed by atoms with van der Waals surface area (Å²) in [4.78, 5) is 15.0. The maximum Gasteiger partial charge on any atom is 0.255 e. The fraction of sp³-hybridized carbons (Fsp3) is 0.333. The molecular formula is C24H26F2N4O2. The van der Waals surface area contributed by atoms with Crippen molar-refractivity contribution in [1.82, 2.24) is 14.7 Å². The Bertz CT molecular complexity index is 1090. The highest BCUT2D eigenvalue weighted by atomic mass is 19.2. The van der Waals surface area contributed by atoms with Gasteiger partial charge in [0.1, 0.15) is 5.75 Å². The minimum Gasteiger partial charge on any atom is -0.493 e. The maximum absolute atomic E-state index is 13.5. The molecule has 1 aliphatic rings. The molecule has 8 heteroatoms. The van der Waals surface area contributed by atoms with Crippen LogP contribution in [0.25, 0.3) is 11.3 Å². The molecule has 6 nitrogen and oxygen atoms in total. The fourth-order valence-corrected chi connectivity index (χ4v) is 3.89. The number of halogens is 2. The zero-order valence-corrected chi connectivity index (χ0v) is 18.0. The van der Waals surface area contributed by atoms with E-state index in [1.807, 2.05) is 13.1 Å². The third-order valence-corrected chi connectivity index (χ3v) is 5.59. The van der Waals surface area contributed by atoms with Crippen LogP contribution in [0.5, 0.6) is 5.75 Å². The number of aromatic nitrogens is 2. The number of hydrogen-bond donors (Lipinski definition) is 1. The van der Waals surface area contributed by atoms with Crippen LogP contribution < -0.4 is 10.1 Å². The van der Waals surface area contributed by atoms with Crippen molar-refractivity contribution < 1.29 is 18.3 Å². The predicted octanol–water partition coefficient (Wildman–Crippen LogP) is 4.48. The molecule has 168 valence electrons. The van der Waals surface area contributed by atoms with Crippen molar-refractivity contribution in [3.8, 4) is 17.0 Å². The van der Waals surface area contributed by atoms with Gasteiger partial charge >= 0.3 is 0 Å². The molecule has 0 unspecified atom stereocenters. The number of amides is 1. The van der Waals surface area contributed by atoms with Crippen molar-refractivity contribution in [2.45, 2.75) is 19.3 Å². The molecule has 1 saturated heterocycles. The van der Waals surface area contributed by atoms with Gasteiger partial charge in [-0.3, -0.25) is 9.48 Å². The Morgan fingerprint density at radius 1 is 1.09 bits per heavy atom. The minimum atomic E-state index is -1.06. The molecule has 1 aromatic heterocycles. The van der Waals surface area contributed by atoms with Crippen LogP contribution in [0.4, 0.5) is 14.5 Å². The number of anilines is 1. The first-order valence-electron chi connectivity index (χ1n) is 10.8. The number of aryl methyl sites for hydroxylation is 1. The van der Waals surface area contributed by atoms with E-state index in [1.165, 1.54) is 18.9 Å². The largest absolute Gasteiger partial charge is 0.493 e. The van der Waals surface area contributed by atoms with Crippen LogP contribution in [0.15, 0.2) is 48.7 Å². The van der Waals surface area contributed by atoms with Gasteiger partial charge in [-0.1, -0.05) is 0 Å². The number of rotatable bonds is 8. The molecule has 0 radical (unpaired) electrons. The number of ether oxygens (including phenoxy) is 1. The van der Waals surface area contributed by atoms with Crippen LogP contribution in [0.2, 0.25) is 0 Å². The van der Waals surface area contributed by atoms with Gasteiger partial charge in [-0.25, -0.2) is 8.78 Å². The van der Waals surface area contributed by atoms with Crippen LogP contribution in [0.1, 0.15) is 29.6 Å². The van der Waals surface area contributed by atoms with Gasteiger partial charge in [0.2, 0.25) is 0 Å². The van der Waals surface area contributed by atoms with E-state index in [0.29, 0.717) is 18.0 Å². The van der Waals surface area contributed by atoms with E-state index < -0.39 is 17.5 Å². The Morgan fingerprint density at radius 2 is 1.91 bits per heavy atom. The third-order valence-electron chi connectivity index (χ3n) is 5.59. The average Bonchev–Trinajstić information content (AvgIpc) is 3.45. The molecule has 1 amide bonds. The van der Waals surface area contributed by atoms with Crippen molar-refractivity contribution in [3.05, 3.63) is 65.9 Å². The Kier molecular flexibility index (Phi) is 6.80. The zero-order valence-electron chi connectivity index (χ0n) is 18.0. The quantitative estimate of drug-likeness (QED) is 0.525. The topological polar surface area (TPSA) is 59.4 Å².